The van der Waals surface area contributed by atoms with Crippen molar-refractivity contribution in [2.24, 2.45) is 0 Å². The molecule has 0 aliphatic carbocycles. The van der Waals surface area contributed by atoms with Gasteiger partial charge in [0.2, 0.25) is 0 Å². The van der Waals surface area contributed by atoms with E-state index in [9.17, 15) is 29.7 Å². The Balaban J connectivity index is 2.97. The van der Waals surface area contributed by atoms with Gasteiger partial charge < -0.3 is 15.3 Å². The number of carbonyl (C=O) groups is 3. The molecule has 32 heavy (non-hydrogen) atoms. The second kappa shape index (κ2) is 14.5. The Morgan fingerprint density at radius 3 is 1.16 bits per heavy atom. The van der Waals surface area contributed by atoms with Crippen molar-refractivity contribution in [3.05, 3.63) is 36.5 Å². The maximum absolute atomic E-state index is 11.3. The summed E-state index contributed by atoms with van der Waals surface area (Å²) in [5.74, 6) is -2.84. The Morgan fingerprint density at radius 1 is 0.625 bits per heavy atom. The lowest BCUT2D eigenvalue weighted by Gasteiger charge is -2.33. The van der Waals surface area contributed by atoms with Gasteiger partial charge in [-0.3, -0.25) is 34.0 Å². The SMILES string of the molecule is C=C(C)/C=C\C(=C)CN1CCN(CC(=O)O)CCN(CC(=O)O)CCN(CC(=O)O)CC1. The van der Waals surface area contributed by atoms with E-state index in [0.717, 1.165) is 11.1 Å². The summed E-state index contributed by atoms with van der Waals surface area (Å²) in [7, 11) is 0. The zero-order chi connectivity index (χ0) is 24.1. The molecular weight excluding hydrogens is 416 g/mol. The molecule has 10 nitrogen and oxygen atoms in total. The molecule has 3 N–H and O–H groups in total. The summed E-state index contributed by atoms with van der Waals surface area (Å²) in [6.07, 6.45) is 3.77. The third kappa shape index (κ3) is 13.0. The van der Waals surface area contributed by atoms with Gasteiger partial charge in [0.25, 0.3) is 0 Å². The molecule has 0 radical (unpaired) electrons. The van der Waals surface area contributed by atoms with E-state index >= 15 is 0 Å². The van der Waals surface area contributed by atoms with Crippen molar-refractivity contribution < 1.29 is 29.7 Å². The maximum atomic E-state index is 11.3. The fourth-order valence-corrected chi connectivity index (χ4v) is 3.38. The minimum atomic E-state index is -0.973. The van der Waals surface area contributed by atoms with Crippen LogP contribution in [0.1, 0.15) is 6.92 Å². The number of allylic oxidation sites excluding steroid dienone is 2. The lowest BCUT2D eigenvalue weighted by molar-refractivity contribution is -0.140. The minimum Gasteiger partial charge on any atom is -0.480 e. The van der Waals surface area contributed by atoms with E-state index in [1.54, 1.807) is 14.7 Å². The predicted molar refractivity (Wildman–Crippen MR) is 122 cm³/mol. The first-order valence-electron chi connectivity index (χ1n) is 10.6. The molecule has 1 rings (SSSR count). The Morgan fingerprint density at radius 2 is 0.906 bits per heavy atom. The van der Waals surface area contributed by atoms with Crippen LogP contribution in [0.3, 0.4) is 0 Å². The summed E-state index contributed by atoms with van der Waals surface area (Å²) < 4.78 is 0. The monoisotopic (exact) mass is 452 g/mol. The zero-order valence-corrected chi connectivity index (χ0v) is 18.9. The second-order valence-corrected chi connectivity index (χ2v) is 8.12. The largest absolute Gasteiger partial charge is 0.480 e. The molecule has 0 spiro atoms. The van der Waals surface area contributed by atoms with Crippen LogP contribution in [0.15, 0.2) is 36.5 Å². The van der Waals surface area contributed by atoms with Crippen molar-refractivity contribution in [2.75, 3.05) is 78.5 Å². The van der Waals surface area contributed by atoms with Crippen LogP contribution in [0.2, 0.25) is 0 Å². The van der Waals surface area contributed by atoms with Crippen molar-refractivity contribution in [1.29, 1.82) is 0 Å². The van der Waals surface area contributed by atoms with Crippen molar-refractivity contribution in [1.82, 2.24) is 19.6 Å². The Labute approximate surface area is 189 Å². The first-order valence-corrected chi connectivity index (χ1v) is 10.6. The van der Waals surface area contributed by atoms with E-state index in [4.69, 9.17) is 0 Å². The van der Waals surface area contributed by atoms with Gasteiger partial charge in [0.05, 0.1) is 19.6 Å². The molecule has 0 aromatic carbocycles. The normalized spacial score (nSPS) is 18.7. The quantitative estimate of drug-likeness (QED) is 0.395. The van der Waals surface area contributed by atoms with Gasteiger partial charge in [0.1, 0.15) is 0 Å². The van der Waals surface area contributed by atoms with Crippen LogP contribution in [0.25, 0.3) is 0 Å². The van der Waals surface area contributed by atoms with E-state index in [1.165, 1.54) is 0 Å². The molecule has 1 fully saturated rings. The Kier molecular flexibility index (Phi) is 12.5. The fraction of sp³-hybridized carbons (Fsp3) is 0.591. The van der Waals surface area contributed by atoms with E-state index in [-0.39, 0.29) is 19.6 Å². The fourth-order valence-electron chi connectivity index (χ4n) is 3.38. The van der Waals surface area contributed by atoms with Crippen molar-refractivity contribution in [2.45, 2.75) is 6.92 Å². The molecule has 0 bridgehead atoms. The first-order chi connectivity index (χ1) is 15.0. The highest BCUT2D eigenvalue weighted by Gasteiger charge is 2.20. The van der Waals surface area contributed by atoms with Crippen LogP contribution in [0.4, 0.5) is 0 Å². The van der Waals surface area contributed by atoms with Gasteiger partial charge in [-0.2, -0.15) is 0 Å². The van der Waals surface area contributed by atoms with E-state index in [2.05, 4.69) is 18.1 Å². The highest BCUT2D eigenvalue weighted by atomic mass is 16.4. The van der Waals surface area contributed by atoms with Crippen molar-refractivity contribution in [3.63, 3.8) is 0 Å². The summed E-state index contributed by atoms with van der Waals surface area (Å²) in [5.41, 5.74) is 1.79. The summed E-state index contributed by atoms with van der Waals surface area (Å²) in [4.78, 5) is 41.3. The molecule has 0 aromatic rings. The topological polar surface area (TPSA) is 125 Å². The maximum Gasteiger partial charge on any atom is 0.317 e. The summed E-state index contributed by atoms with van der Waals surface area (Å²) >= 11 is 0. The smallest absolute Gasteiger partial charge is 0.317 e. The molecule has 0 atom stereocenters. The molecule has 180 valence electrons. The molecule has 1 aliphatic heterocycles. The molecule has 0 saturated carbocycles. The van der Waals surface area contributed by atoms with Crippen LogP contribution < -0.4 is 0 Å². The lowest BCUT2D eigenvalue weighted by atomic mass is 10.2. The number of hydrogen-bond acceptors (Lipinski definition) is 7. The molecule has 10 heteroatoms. The summed E-state index contributed by atoms with van der Waals surface area (Å²) in [6, 6.07) is 0. The zero-order valence-electron chi connectivity index (χ0n) is 18.9. The predicted octanol–water partition coefficient (Wildman–Crippen LogP) is 0.150. The van der Waals surface area contributed by atoms with E-state index in [1.807, 2.05) is 19.1 Å². The van der Waals surface area contributed by atoms with Crippen molar-refractivity contribution >= 4 is 17.9 Å². The van der Waals surface area contributed by atoms with Gasteiger partial charge in [-0.15, -0.1) is 0 Å². The van der Waals surface area contributed by atoms with Crippen molar-refractivity contribution in [3.8, 4) is 0 Å². The van der Waals surface area contributed by atoms with Crippen LogP contribution in [-0.2, 0) is 14.4 Å². The van der Waals surface area contributed by atoms with Crippen LogP contribution in [-0.4, -0.2) is 131 Å². The third-order valence-corrected chi connectivity index (χ3v) is 5.04. The standard InChI is InChI=1S/C22H36N4O6/c1-18(2)4-5-19(3)14-23-6-8-24(15-20(27)28)10-12-26(17-22(31)32)13-11-25(9-7-23)16-21(29)30/h4-5H,1,3,6-17H2,2H3,(H,27,28)(H,29,30)(H,31,32)/b5-4-. The van der Waals surface area contributed by atoms with Crippen LogP contribution in [0.5, 0.6) is 0 Å². The highest BCUT2D eigenvalue weighted by Crippen LogP contribution is 2.05. The number of aliphatic carboxylic acids is 3. The minimum absolute atomic E-state index is 0.129. The molecule has 1 heterocycles. The van der Waals surface area contributed by atoms with E-state index < -0.39 is 17.9 Å². The summed E-state index contributed by atoms with van der Waals surface area (Å²) in [5, 5.41) is 27.7. The molecule has 0 amide bonds. The molecule has 0 unspecified atom stereocenters. The number of nitrogens with zero attached hydrogens (tertiary/aromatic N) is 4. The molecule has 1 aliphatic rings. The molecule has 0 aromatic heterocycles. The van der Waals surface area contributed by atoms with Gasteiger partial charge in [-0.05, 0) is 12.5 Å². The Bertz CT molecular complexity index is 677. The molecule has 1 saturated heterocycles. The number of carboxylic acids is 3. The third-order valence-electron chi connectivity index (χ3n) is 5.04. The van der Waals surface area contributed by atoms with Crippen LogP contribution in [0, 0.1) is 0 Å². The molecular formula is C22H36N4O6. The van der Waals surface area contributed by atoms with Crippen LogP contribution >= 0.6 is 0 Å². The lowest BCUT2D eigenvalue weighted by Crippen LogP contribution is -2.48. The van der Waals surface area contributed by atoms with Gasteiger partial charge in [-0.1, -0.05) is 30.9 Å². The average Bonchev–Trinajstić information content (AvgIpc) is 2.67. The average molecular weight is 453 g/mol. The second-order valence-electron chi connectivity index (χ2n) is 8.12. The van der Waals surface area contributed by atoms with Gasteiger partial charge >= 0.3 is 17.9 Å². The number of rotatable bonds is 10. The summed E-state index contributed by atoms with van der Waals surface area (Å²) in [6.45, 7) is 13.6. The number of carboxylic acid groups (broad SMARTS) is 3. The van der Waals surface area contributed by atoms with E-state index in [0.29, 0.717) is 58.9 Å². The van der Waals surface area contributed by atoms with Gasteiger partial charge in [-0.25, -0.2) is 0 Å². The Hall–Kier alpha value is -2.53. The number of hydrogen-bond donors (Lipinski definition) is 3. The van der Waals surface area contributed by atoms with Gasteiger partial charge in [0, 0.05) is 58.9 Å². The van der Waals surface area contributed by atoms with Gasteiger partial charge in [0.15, 0.2) is 0 Å². The highest BCUT2D eigenvalue weighted by molar-refractivity contribution is 5.69. The first kappa shape index (κ1) is 27.5.